The quantitative estimate of drug-likeness (QED) is 0.823. The smallest absolute Gasteiger partial charge is 0.242 e. The Balaban J connectivity index is 3.34. The lowest BCUT2D eigenvalue weighted by Crippen LogP contribution is -2.23. The van der Waals surface area contributed by atoms with Gasteiger partial charge in [0.15, 0.2) is 0 Å². The molecule has 0 aliphatic heterocycles. The predicted octanol–water partition coefficient (Wildman–Crippen LogP) is 1.87. The van der Waals surface area contributed by atoms with Gasteiger partial charge in [-0.15, -0.1) is 0 Å². The minimum absolute atomic E-state index is 0.0524. The molecule has 1 rings (SSSR count). The second-order valence-corrected chi connectivity index (χ2v) is 5.30. The van der Waals surface area contributed by atoms with Crippen molar-refractivity contribution in [3.63, 3.8) is 0 Å². The number of nitrogens with one attached hydrogen (secondary N) is 1. The van der Waals surface area contributed by atoms with E-state index in [0.29, 0.717) is 0 Å². The van der Waals surface area contributed by atoms with Crippen LogP contribution in [0.3, 0.4) is 0 Å². The first-order chi connectivity index (χ1) is 6.90. The van der Waals surface area contributed by atoms with Crippen molar-refractivity contribution < 1.29 is 8.42 Å². The van der Waals surface area contributed by atoms with E-state index >= 15 is 0 Å². The number of nitrogen functional groups attached to an aromatic ring is 1. The summed E-state index contributed by atoms with van der Waals surface area (Å²) in [6, 6.07) is 2.71. The number of nitrogens with two attached hydrogens (primary N) is 1. The number of hydrogen-bond acceptors (Lipinski definition) is 3. The summed E-state index contributed by atoms with van der Waals surface area (Å²) in [5, 5.41) is 0.180. The van der Waals surface area contributed by atoms with Crippen LogP contribution in [0.4, 0.5) is 5.69 Å². The Hall–Kier alpha value is -0.490. The van der Waals surface area contributed by atoms with E-state index in [4.69, 9.17) is 28.9 Å². The summed E-state index contributed by atoms with van der Waals surface area (Å²) in [5.74, 6) is 0. The largest absolute Gasteiger partial charge is 0.396 e. The Morgan fingerprint density at radius 3 is 2.53 bits per heavy atom. The Bertz CT molecular complexity index is 474. The molecule has 0 unspecified atom stereocenters. The fraction of sp³-hybridized carbons (Fsp3) is 0.250. The summed E-state index contributed by atoms with van der Waals surface area (Å²) in [6.45, 7) is 1.95. The molecule has 0 fully saturated rings. The molecule has 0 heterocycles. The lowest BCUT2D eigenvalue weighted by Gasteiger charge is -2.09. The van der Waals surface area contributed by atoms with Crippen molar-refractivity contribution in [1.29, 1.82) is 0 Å². The fourth-order valence-corrected chi connectivity index (χ4v) is 2.83. The highest BCUT2D eigenvalue weighted by atomic mass is 35.5. The molecule has 84 valence electrons. The van der Waals surface area contributed by atoms with E-state index in [9.17, 15) is 8.42 Å². The summed E-state index contributed by atoms with van der Waals surface area (Å²) < 4.78 is 25.6. The molecule has 15 heavy (non-hydrogen) atoms. The number of hydrogen-bond donors (Lipinski definition) is 2. The predicted molar refractivity (Wildman–Crippen MR) is 61.7 cm³/mol. The molecule has 4 nitrogen and oxygen atoms in total. The van der Waals surface area contributed by atoms with Crippen molar-refractivity contribution >= 4 is 38.9 Å². The summed E-state index contributed by atoms with van der Waals surface area (Å²) in [6.07, 6.45) is 0. The Labute approximate surface area is 98.4 Å². The van der Waals surface area contributed by atoms with Crippen LogP contribution in [-0.2, 0) is 10.0 Å². The molecule has 0 bridgehead atoms. The maximum absolute atomic E-state index is 11.6. The second kappa shape index (κ2) is 4.57. The van der Waals surface area contributed by atoms with Crippen LogP contribution in [0, 0.1) is 0 Å². The van der Waals surface area contributed by atoms with Crippen LogP contribution in [0.15, 0.2) is 17.0 Å². The van der Waals surface area contributed by atoms with Crippen molar-refractivity contribution in [2.24, 2.45) is 0 Å². The Kier molecular flexibility index (Phi) is 3.83. The second-order valence-electron chi connectivity index (χ2n) is 2.77. The van der Waals surface area contributed by atoms with Gasteiger partial charge < -0.3 is 5.73 Å². The third kappa shape index (κ3) is 2.55. The van der Waals surface area contributed by atoms with Crippen molar-refractivity contribution in [3.05, 3.63) is 22.2 Å². The van der Waals surface area contributed by atoms with Crippen molar-refractivity contribution in [3.8, 4) is 0 Å². The lowest BCUT2D eigenvalue weighted by molar-refractivity contribution is 0.584. The van der Waals surface area contributed by atoms with E-state index < -0.39 is 10.0 Å². The zero-order chi connectivity index (χ0) is 11.6. The van der Waals surface area contributed by atoms with Gasteiger partial charge >= 0.3 is 0 Å². The molecule has 0 amide bonds. The Morgan fingerprint density at radius 2 is 2.00 bits per heavy atom. The first kappa shape index (κ1) is 12.6. The van der Waals surface area contributed by atoms with Crippen LogP contribution in [0.1, 0.15) is 6.92 Å². The summed E-state index contributed by atoms with van der Waals surface area (Å²) in [7, 11) is -3.60. The van der Waals surface area contributed by atoms with Gasteiger partial charge in [-0.1, -0.05) is 30.1 Å². The zero-order valence-electron chi connectivity index (χ0n) is 7.92. The highest BCUT2D eigenvalue weighted by Crippen LogP contribution is 2.32. The monoisotopic (exact) mass is 268 g/mol. The van der Waals surface area contributed by atoms with Gasteiger partial charge in [0.1, 0.15) is 4.90 Å². The first-order valence-electron chi connectivity index (χ1n) is 4.13. The van der Waals surface area contributed by atoms with Gasteiger partial charge in [0, 0.05) is 6.54 Å². The molecule has 1 aromatic carbocycles. The third-order valence-electron chi connectivity index (χ3n) is 1.72. The fourth-order valence-electron chi connectivity index (χ4n) is 1.02. The molecule has 0 atom stereocenters. The van der Waals surface area contributed by atoms with Crippen LogP contribution in [0.25, 0.3) is 0 Å². The highest BCUT2D eigenvalue weighted by molar-refractivity contribution is 7.89. The molecule has 7 heteroatoms. The van der Waals surface area contributed by atoms with Gasteiger partial charge in [-0.25, -0.2) is 13.1 Å². The maximum Gasteiger partial charge on any atom is 0.242 e. The minimum Gasteiger partial charge on any atom is -0.396 e. The van der Waals surface area contributed by atoms with Gasteiger partial charge in [-0.05, 0) is 12.1 Å². The van der Waals surface area contributed by atoms with Crippen molar-refractivity contribution in [2.75, 3.05) is 12.3 Å². The number of sulfonamides is 1. The van der Waals surface area contributed by atoms with Gasteiger partial charge in [0.2, 0.25) is 10.0 Å². The molecule has 0 aliphatic rings. The van der Waals surface area contributed by atoms with Crippen LogP contribution in [0.2, 0.25) is 10.0 Å². The van der Waals surface area contributed by atoms with Crippen molar-refractivity contribution in [1.82, 2.24) is 4.72 Å². The summed E-state index contributed by atoms with van der Waals surface area (Å²) >= 11 is 11.5. The van der Waals surface area contributed by atoms with E-state index in [-0.39, 0.29) is 27.2 Å². The van der Waals surface area contributed by atoms with Crippen molar-refractivity contribution in [2.45, 2.75) is 11.8 Å². The standard InChI is InChI=1S/C8H10Cl2N2O2S/c1-2-12-15(13,14)6-4-3-5(9)8(11)7(6)10/h3-4,12H,2,11H2,1H3. The van der Waals surface area contributed by atoms with Crippen LogP contribution in [-0.4, -0.2) is 15.0 Å². The topological polar surface area (TPSA) is 72.2 Å². The van der Waals surface area contributed by atoms with Gasteiger partial charge in [0.05, 0.1) is 15.7 Å². The summed E-state index contributed by atoms with van der Waals surface area (Å²) in [5.41, 5.74) is 5.59. The van der Waals surface area contributed by atoms with Crippen LogP contribution < -0.4 is 10.5 Å². The van der Waals surface area contributed by atoms with Crippen LogP contribution in [0.5, 0.6) is 0 Å². The number of benzene rings is 1. The normalized spacial score (nSPS) is 11.7. The average Bonchev–Trinajstić information content (AvgIpc) is 2.13. The molecule has 0 spiro atoms. The molecule has 0 aromatic heterocycles. The molecule has 0 radical (unpaired) electrons. The number of halogens is 2. The number of anilines is 1. The molecule has 0 saturated carbocycles. The highest BCUT2D eigenvalue weighted by Gasteiger charge is 2.19. The van der Waals surface area contributed by atoms with Gasteiger partial charge in [-0.2, -0.15) is 0 Å². The first-order valence-corrected chi connectivity index (χ1v) is 6.37. The molecular formula is C8H10Cl2N2O2S. The molecule has 0 saturated heterocycles. The summed E-state index contributed by atoms with van der Waals surface area (Å²) in [4.78, 5) is -0.0621. The third-order valence-corrected chi connectivity index (χ3v) is 4.15. The van der Waals surface area contributed by atoms with Crippen LogP contribution >= 0.6 is 23.2 Å². The van der Waals surface area contributed by atoms with E-state index in [1.54, 1.807) is 6.92 Å². The molecule has 0 aliphatic carbocycles. The van der Waals surface area contributed by atoms with E-state index in [2.05, 4.69) is 4.72 Å². The molecule has 3 N–H and O–H groups in total. The van der Waals surface area contributed by atoms with E-state index in [1.807, 2.05) is 0 Å². The number of rotatable bonds is 3. The maximum atomic E-state index is 11.6. The van der Waals surface area contributed by atoms with Gasteiger partial charge in [0.25, 0.3) is 0 Å². The average molecular weight is 269 g/mol. The van der Waals surface area contributed by atoms with E-state index in [0.717, 1.165) is 0 Å². The Morgan fingerprint density at radius 1 is 1.40 bits per heavy atom. The van der Waals surface area contributed by atoms with Gasteiger partial charge in [-0.3, -0.25) is 0 Å². The SMILES string of the molecule is CCNS(=O)(=O)c1ccc(Cl)c(N)c1Cl. The lowest BCUT2D eigenvalue weighted by atomic mass is 10.3. The molecule has 1 aromatic rings. The zero-order valence-corrected chi connectivity index (χ0v) is 10.2. The minimum atomic E-state index is -3.60. The van der Waals surface area contributed by atoms with E-state index in [1.165, 1.54) is 12.1 Å². The molecular weight excluding hydrogens is 259 g/mol.